The normalized spacial score (nSPS) is 12.6. The Labute approximate surface area is 146 Å². The molecule has 0 saturated carbocycles. The number of nitrogens with two attached hydrogens (primary N) is 1. The SMILES string of the molecule is C[C@H](NC(=O)c1cc2c(/C=C/c3cccs3)n[nH]c2cc1F)C(N)=O. The van der Waals surface area contributed by atoms with Crippen LogP contribution in [0.4, 0.5) is 4.39 Å². The standard InChI is InChI=1S/C17H15FN4O2S/c1-9(16(19)23)20-17(24)11-7-12-14(5-4-10-3-2-6-25-10)21-22-15(12)8-13(11)18/h2-9H,1H3,(H2,19,23)(H,20,24)(H,21,22)/b5-4+/t9-/m0/s1. The maximum Gasteiger partial charge on any atom is 0.254 e. The highest BCUT2D eigenvalue weighted by atomic mass is 32.1. The molecule has 128 valence electrons. The van der Waals surface area contributed by atoms with Crippen molar-refractivity contribution in [3.05, 3.63) is 51.6 Å². The second-order valence-electron chi connectivity index (χ2n) is 5.43. The average molecular weight is 358 g/mol. The average Bonchev–Trinajstić information content (AvgIpc) is 3.21. The van der Waals surface area contributed by atoms with Gasteiger partial charge < -0.3 is 11.1 Å². The fourth-order valence-electron chi connectivity index (χ4n) is 2.25. The molecule has 2 amide bonds. The van der Waals surface area contributed by atoms with Gasteiger partial charge in [0.15, 0.2) is 0 Å². The van der Waals surface area contributed by atoms with E-state index in [2.05, 4.69) is 15.5 Å². The van der Waals surface area contributed by atoms with Crippen LogP contribution < -0.4 is 11.1 Å². The van der Waals surface area contributed by atoms with Crippen LogP contribution in [0.3, 0.4) is 0 Å². The molecule has 25 heavy (non-hydrogen) atoms. The second-order valence-corrected chi connectivity index (χ2v) is 6.41. The quantitative estimate of drug-likeness (QED) is 0.653. The Kier molecular flexibility index (Phi) is 4.62. The van der Waals surface area contributed by atoms with Crippen molar-refractivity contribution in [2.75, 3.05) is 0 Å². The van der Waals surface area contributed by atoms with E-state index in [0.29, 0.717) is 16.6 Å². The Morgan fingerprint density at radius 2 is 2.20 bits per heavy atom. The third kappa shape index (κ3) is 3.58. The van der Waals surface area contributed by atoms with Gasteiger partial charge in [0.2, 0.25) is 5.91 Å². The van der Waals surface area contributed by atoms with Gasteiger partial charge >= 0.3 is 0 Å². The zero-order valence-electron chi connectivity index (χ0n) is 13.2. The molecule has 6 nitrogen and oxygen atoms in total. The van der Waals surface area contributed by atoms with Gasteiger partial charge in [0.25, 0.3) is 5.91 Å². The molecule has 0 aliphatic heterocycles. The Balaban J connectivity index is 1.95. The van der Waals surface area contributed by atoms with Gasteiger partial charge in [-0.2, -0.15) is 5.10 Å². The van der Waals surface area contributed by atoms with Crippen molar-refractivity contribution in [2.24, 2.45) is 5.73 Å². The summed E-state index contributed by atoms with van der Waals surface area (Å²) in [5.74, 6) is -2.11. The Bertz CT molecular complexity index is 963. The summed E-state index contributed by atoms with van der Waals surface area (Å²) in [6.45, 7) is 1.43. The molecule has 8 heteroatoms. The summed E-state index contributed by atoms with van der Waals surface area (Å²) in [6.07, 6.45) is 3.68. The molecule has 0 radical (unpaired) electrons. The minimum absolute atomic E-state index is 0.173. The number of hydrogen-bond donors (Lipinski definition) is 3. The van der Waals surface area contributed by atoms with Crippen LogP contribution in [0.1, 0.15) is 27.9 Å². The number of benzene rings is 1. The van der Waals surface area contributed by atoms with Crippen molar-refractivity contribution >= 4 is 46.2 Å². The number of amides is 2. The van der Waals surface area contributed by atoms with Crippen LogP contribution in [0.5, 0.6) is 0 Å². The molecule has 0 spiro atoms. The van der Waals surface area contributed by atoms with Gasteiger partial charge in [-0.15, -0.1) is 11.3 Å². The first kappa shape index (κ1) is 16.8. The summed E-state index contributed by atoms with van der Waals surface area (Å²) >= 11 is 1.58. The predicted molar refractivity (Wildman–Crippen MR) is 95.4 cm³/mol. The number of fused-ring (bicyclic) bond motifs is 1. The second kappa shape index (κ2) is 6.86. The lowest BCUT2D eigenvalue weighted by atomic mass is 10.1. The fraction of sp³-hybridized carbons (Fsp3) is 0.118. The highest BCUT2D eigenvalue weighted by molar-refractivity contribution is 7.10. The number of aromatic nitrogens is 2. The molecule has 4 N–H and O–H groups in total. The van der Waals surface area contributed by atoms with Gasteiger partial charge in [-0.3, -0.25) is 14.7 Å². The van der Waals surface area contributed by atoms with Crippen LogP contribution in [0.25, 0.3) is 23.1 Å². The number of H-pyrrole nitrogens is 1. The fourth-order valence-corrected chi connectivity index (χ4v) is 2.87. The Morgan fingerprint density at radius 3 is 2.88 bits per heavy atom. The van der Waals surface area contributed by atoms with Gasteiger partial charge in [0.1, 0.15) is 11.9 Å². The first-order valence-electron chi connectivity index (χ1n) is 7.45. The zero-order valence-corrected chi connectivity index (χ0v) is 14.1. The Hall–Kier alpha value is -3.00. The number of nitrogens with zero attached hydrogens (tertiary/aromatic N) is 1. The summed E-state index contributed by atoms with van der Waals surface area (Å²) in [5, 5.41) is 11.8. The van der Waals surface area contributed by atoms with Crippen molar-refractivity contribution in [2.45, 2.75) is 13.0 Å². The summed E-state index contributed by atoms with van der Waals surface area (Å²) in [4.78, 5) is 24.3. The molecule has 0 saturated heterocycles. The van der Waals surface area contributed by atoms with Gasteiger partial charge in [-0.1, -0.05) is 6.07 Å². The van der Waals surface area contributed by atoms with E-state index in [1.54, 1.807) is 17.4 Å². The highest BCUT2D eigenvalue weighted by Crippen LogP contribution is 2.23. The van der Waals surface area contributed by atoms with Crippen LogP contribution in [-0.2, 0) is 4.79 Å². The number of carbonyl (C=O) groups excluding carboxylic acids is 2. The van der Waals surface area contributed by atoms with Crippen LogP contribution >= 0.6 is 11.3 Å². The molecule has 0 bridgehead atoms. The van der Waals surface area contributed by atoms with E-state index in [-0.39, 0.29) is 5.56 Å². The molecule has 0 unspecified atom stereocenters. The summed E-state index contributed by atoms with van der Waals surface area (Å²) in [5.41, 5.74) is 6.00. The number of thiophene rings is 1. The predicted octanol–water partition coefficient (Wildman–Crippen LogP) is 2.54. The van der Waals surface area contributed by atoms with Gasteiger partial charge in [-0.05, 0) is 36.6 Å². The smallest absolute Gasteiger partial charge is 0.254 e. The van der Waals surface area contributed by atoms with Crippen LogP contribution in [0.15, 0.2) is 29.6 Å². The molecular formula is C17H15FN4O2S. The number of rotatable bonds is 5. The van der Waals surface area contributed by atoms with E-state index in [9.17, 15) is 14.0 Å². The van der Waals surface area contributed by atoms with Crippen molar-refractivity contribution in [1.29, 1.82) is 0 Å². The molecule has 1 aromatic carbocycles. The summed E-state index contributed by atoms with van der Waals surface area (Å²) < 4.78 is 14.2. The van der Waals surface area contributed by atoms with Crippen molar-refractivity contribution in [1.82, 2.24) is 15.5 Å². The Morgan fingerprint density at radius 1 is 1.40 bits per heavy atom. The summed E-state index contributed by atoms with van der Waals surface area (Å²) in [7, 11) is 0. The van der Waals surface area contributed by atoms with E-state index in [1.807, 2.05) is 23.6 Å². The van der Waals surface area contributed by atoms with E-state index in [4.69, 9.17) is 5.73 Å². The topological polar surface area (TPSA) is 101 Å². The van der Waals surface area contributed by atoms with Gasteiger partial charge in [0.05, 0.1) is 16.8 Å². The molecule has 0 aliphatic carbocycles. The first-order valence-corrected chi connectivity index (χ1v) is 8.33. The van der Waals surface area contributed by atoms with Gasteiger partial charge in [0, 0.05) is 16.3 Å². The molecule has 3 aromatic rings. The number of nitrogens with one attached hydrogen (secondary N) is 2. The minimum atomic E-state index is -0.898. The van der Waals surface area contributed by atoms with E-state index < -0.39 is 23.7 Å². The number of aromatic amines is 1. The maximum absolute atomic E-state index is 14.2. The molecule has 0 fully saturated rings. The van der Waals surface area contributed by atoms with Crippen molar-refractivity contribution in [3.63, 3.8) is 0 Å². The monoisotopic (exact) mass is 358 g/mol. The van der Waals surface area contributed by atoms with E-state index in [1.165, 1.54) is 19.1 Å². The van der Waals surface area contributed by atoms with E-state index in [0.717, 1.165) is 4.88 Å². The van der Waals surface area contributed by atoms with Crippen LogP contribution in [0.2, 0.25) is 0 Å². The van der Waals surface area contributed by atoms with Crippen molar-refractivity contribution < 1.29 is 14.0 Å². The molecule has 2 aromatic heterocycles. The number of hydrogen-bond acceptors (Lipinski definition) is 4. The third-order valence-electron chi connectivity index (χ3n) is 3.65. The lowest BCUT2D eigenvalue weighted by Crippen LogP contribution is -2.42. The summed E-state index contributed by atoms with van der Waals surface area (Å²) in [6, 6.07) is 5.61. The highest BCUT2D eigenvalue weighted by Gasteiger charge is 2.19. The minimum Gasteiger partial charge on any atom is -0.368 e. The molecule has 1 atom stereocenters. The van der Waals surface area contributed by atoms with E-state index >= 15 is 0 Å². The van der Waals surface area contributed by atoms with Crippen LogP contribution in [0, 0.1) is 5.82 Å². The lowest BCUT2D eigenvalue weighted by Gasteiger charge is -2.10. The number of halogens is 1. The lowest BCUT2D eigenvalue weighted by molar-refractivity contribution is -0.119. The zero-order chi connectivity index (χ0) is 18.0. The largest absolute Gasteiger partial charge is 0.368 e. The maximum atomic E-state index is 14.2. The molecule has 3 rings (SSSR count). The third-order valence-corrected chi connectivity index (χ3v) is 4.49. The number of carbonyl (C=O) groups is 2. The molecule has 0 aliphatic rings. The molecular weight excluding hydrogens is 343 g/mol. The van der Waals surface area contributed by atoms with Crippen molar-refractivity contribution in [3.8, 4) is 0 Å². The van der Waals surface area contributed by atoms with Crippen LogP contribution in [-0.4, -0.2) is 28.1 Å². The number of primary amides is 1. The van der Waals surface area contributed by atoms with Gasteiger partial charge in [-0.25, -0.2) is 4.39 Å². The first-order chi connectivity index (χ1) is 12.0. The molecule has 2 heterocycles.